The number of aromatic nitrogens is 2. The zero-order valence-electron chi connectivity index (χ0n) is 9.77. The summed E-state index contributed by atoms with van der Waals surface area (Å²) in [6, 6.07) is 10.0. The lowest BCUT2D eigenvalue weighted by Gasteiger charge is -1.94. The molecule has 0 amide bonds. The van der Waals surface area contributed by atoms with Crippen molar-refractivity contribution in [1.82, 2.24) is 9.97 Å². The van der Waals surface area contributed by atoms with Crippen LogP contribution in [-0.4, -0.2) is 9.97 Å². The summed E-state index contributed by atoms with van der Waals surface area (Å²) in [4.78, 5) is 8.66. The summed E-state index contributed by atoms with van der Waals surface area (Å²) >= 11 is 0. The van der Waals surface area contributed by atoms with Gasteiger partial charge in [0.25, 0.3) is 0 Å². The second-order valence-electron chi connectivity index (χ2n) is 4.17. The molecule has 84 valence electrons. The van der Waals surface area contributed by atoms with Crippen molar-refractivity contribution >= 4 is 11.2 Å². The molecule has 0 bridgehead atoms. The zero-order valence-corrected chi connectivity index (χ0v) is 9.77. The van der Waals surface area contributed by atoms with Crippen LogP contribution in [0.2, 0.25) is 0 Å². The molecule has 3 rings (SSSR count). The highest BCUT2D eigenvalue weighted by Crippen LogP contribution is 2.24. The topological polar surface area (TPSA) is 38.9 Å². The minimum atomic E-state index is 0.598. The minimum Gasteiger partial charge on any atom is -0.418 e. The Balaban J connectivity index is 2.18. The number of hydrogen-bond acceptors (Lipinski definition) is 3. The van der Waals surface area contributed by atoms with Crippen molar-refractivity contribution in [3.8, 4) is 11.5 Å². The second kappa shape index (κ2) is 3.70. The minimum absolute atomic E-state index is 0.598. The van der Waals surface area contributed by atoms with Crippen molar-refractivity contribution in [1.29, 1.82) is 0 Å². The number of oxazole rings is 1. The first-order chi connectivity index (χ1) is 8.24. The van der Waals surface area contributed by atoms with E-state index < -0.39 is 0 Å². The van der Waals surface area contributed by atoms with Crippen molar-refractivity contribution in [2.45, 2.75) is 13.8 Å². The molecule has 0 spiro atoms. The molecule has 3 nitrogen and oxygen atoms in total. The maximum absolute atomic E-state index is 5.65. The van der Waals surface area contributed by atoms with Crippen LogP contribution in [0.4, 0.5) is 0 Å². The van der Waals surface area contributed by atoms with E-state index >= 15 is 0 Å². The number of hydrogen-bond donors (Lipinski definition) is 0. The highest BCUT2D eigenvalue weighted by Gasteiger charge is 2.10. The van der Waals surface area contributed by atoms with E-state index in [4.69, 9.17) is 4.42 Å². The zero-order chi connectivity index (χ0) is 11.8. The maximum atomic E-state index is 5.65. The SMILES string of the molecule is Cc1ccc(-c2nc3c(C)ccnc3o2)cc1. The Hall–Kier alpha value is -2.16. The van der Waals surface area contributed by atoms with Crippen LogP contribution in [0.15, 0.2) is 40.9 Å². The van der Waals surface area contributed by atoms with Gasteiger partial charge in [-0.05, 0) is 37.6 Å². The molecular weight excluding hydrogens is 212 g/mol. The molecule has 0 aliphatic rings. The summed E-state index contributed by atoms with van der Waals surface area (Å²) in [6.07, 6.45) is 1.74. The molecule has 2 aromatic heterocycles. The predicted molar refractivity (Wildman–Crippen MR) is 66.7 cm³/mol. The fourth-order valence-corrected chi connectivity index (χ4v) is 1.77. The average molecular weight is 224 g/mol. The van der Waals surface area contributed by atoms with E-state index in [2.05, 4.69) is 16.9 Å². The lowest BCUT2D eigenvalue weighted by molar-refractivity contribution is 0.608. The second-order valence-corrected chi connectivity index (χ2v) is 4.17. The molecule has 0 aliphatic carbocycles. The van der Waals surface area contributed by atoms with E-state index in [9.17, 15) is 0 Å². The van der Waals surface area contributed by atoms with Gasteiger partial charge in [0, 0.05) is 11.8 Å². The summed E-state index contributed by atoms with van der Waals surface area (Å²) in [5.74, 6) is 0.627. The van der Waals surface area contributed by atoms with Crippen molar-refractivity contribution in [2.24, 2.45) is 0 Å². The molecule has 0 fully saturated rings. The largest absolute Gasteiger partial charge is 0.418 e. The third-order valence-electron chi connectivity index (χ3n) is 2.80. The molecule has 0 radical (unpaired) electrons. The van der Waals surface area contributed by atoms with Crippen molar-refractivity contribution in [2.75, 3.05) is 0 Å². The van der Waals surface area contributed by atoms with Gasteiger partial charge in [-0.1, -0.05) is 17.7 Å². The molecule has 1 aromatic carbocycles. The molecule has 3 heteroatoms. The van der Waals surface area contributed by atoms with Crippen LogP contribution in [0.5, 0.6) is 0 Å². The van der Waals surface area contributed by atoms with Crippen LogP contribution >= 0.6 is 0 Å². The Morgan fingerprint density at radius 3 is 2.47 bits per heavy atom. The van der Waals surface area contributed by atoms with Gasteiger partial charge in [-0.15, -0.1) is 0 Å². The Morgan fingerprint density at radius 1 is 1.00 bits per heavy atom. The van der Waals surface area contributed by atoms with E-state index in [0.717, 1.165) is 16.6 Å². The number of aryl methyl sites for hydroxylation is 2. The monoisotopic (exact) mass is 224 g/mol. The normalized spacial score (nSPS) is 10.9. The molecule has 0 saturated heterocycles. The first-order valence-electron chi connectivity index (χ1n) is 5.53. The van der Waals surface area contributed by atoms with Gasteiger partial charge < -0.3 is 4.42 Å². The number of pyridine rings is 1. The van der Waals surface area contributed by atoms with Crippen molar-refractivity contribution in [3.05, 3.63) is 47.7 Å². The summed E-state index contributed by atoms with van der Waals surface area (Å²) in [5, 5.41) is 0. The van der Waals surface area contributed by atoms with Gasteiger partial charge in [0.15, 0.2) is 0 Å². The van der Waals surface area contributed by atoms with Crippen LogP contribution in [0.3, 0.4) is 0 Å². The fourth-order valence-electron chi connectivity index (χ4n) is 1.77. The van der Waals surface area contributed by atoms with Gasteiger partial charge in [0.2, 0.25) is 11.6 Å². The molecule has 0 atom stereocenters. The van der Waals surface area contributed by atoms with Crippen LogP contribution in [0.25, 0.3) is 22.7 Å². The summed E-state index contributed by atoms with van der Waals surface area (Å²) < 4.78 is 5.65. The van der Waals surface area contributed by atoms with Crippen molar-refractivity contribution in [3.63, 3.8) is 0 Å². The number of benzene rings is 1. The molecular formula is C14H12N2O. The van der Waals surface area contributed by atoms with E-state index in [1.165, 1.54) is 5.56 Å². The first-order valence-corrected chi connectivity index (χ1v) is 5.53. The molecule has 2 heterocycles. The molecule has 0 N–H and O–H groups in total. The smallest absolute Gasteiger partial charge is 0.247 e. The van der Waals surface area contributed by atoms with E-state index in [1.54, 1.807) is 6.20 Å². The van der Waals surface area contributed by atoms with Gasteiger partial charge in [-0.3, -0.25) is 0 Å². The summed E-state index contributed by atoms with van der Waals surface area (Å²) in [5.41, 5.74) is 4.72. The standard InChI is InChI=1S/C14H12N2O/c1-9-3-5-11(6-4-9)13-16-12-10(2)7-8-15-14(12)17-13/h3-8H,1-2H3. The van der Waals surface area contributed by atoms with Crippen LogP contribution in [-0.2, 0) is 0 Å². The summed E-state index contributed by atoms with van der Waals surface area (Å²) in [7, 11) is 0. The van der Waals surface area contributed by atoms with E-state index in [0.29, 0.717) is 11.6 Å². The molecule has 0 saturated carbocycles. The van der Waals surface area contributed by atoms with E-state index in [1.807, 2.05) is 37.3 Å². The highest BCUT2D eigenvalue weighted by atomic mass is 16.4. The first kappa shape index (κ1) is 10.0. The predicted octanol–water partition coefficient (Wildman–Crippen LogP) is 3.51. The van der Waals surface area contributed by atoms with Crippen LogP contribution in [0, 0.1) is 13.8 Å². The van der Waals surface area contributed by atoms with Crippen LogP contribution < -0.4 is 0 Å². The van der Waals surface area contributed by atoms with Crippen LogP contribution in [0.1, 0.15) is 11.1 Å². The molecule has 0 aliphatic heterocycles. The number of nitrogens with zero attached hydrogens (tertiary/aromatic N) is 2. The number of rotatable bonds is 1. The Labute approximate surface area is 99.1 Å². The fraction of sp³-hybridized carbons (Fsp3) is 0.143. The van der Waals surface area contributed by atoms with Gasteiger partial charge in [-0.25, -0.2) is 9.97 Å². The third kappa shape index (κ3) is 1.69. The lowest BCUT2D eigenvalue weighted by Crippen LogP contribution is -1.79. The van der Waals surface area contributed by atoms with Gasteiger partial charge in [0.1, 0.15) is 5.52 Å². The highest BCUT2D eigenvalue weighted by molar-refractivity contribution is 5.75. The molecule has 17 heavy (non-hydrogen) atoms. The third-order valence-corrected chi connectivity index (χ3v) is 2.80. The Morgan fingerprint density at radius 2 is 1.76 bits per heavy atom. The lowest BCUT2D eigenvalue weighted by atomic mass is 10.1. The van der Waals surface area contributed by atoms with Gasteiger partial charge >= 0.3 is 0 Å². The van der Waals surface area contributed by atoms with Gasteiger partial charge in [-0.2, -0.15) is 0 Å². The van der Waals surface area contributed by atoms with Crippen molar-refractivity contribution < 1.29 is 4.42 Å². The Kier molecular flexibility index (Phi) is 2.18. The Bertz CT molecular complexity index is 668. The summed E-state index contributed by atoms with van der Waals surface area (Å²) in [6.45, 7) is 4.06. The maximum Gasteiger partial charge on any atom is 0.247 e. The molecule has 3 aromatic rings. The number of fused-ring (bicyclic) bond motifs is 1. The quantitative estimate of drug-likeness (QED) is 0.635. The average Bonchev–Trinajstić information content (AvgIpc) is 2.75. The van der Waals surface area contributed by atoms with E-state index in [-0.39, 0.29) is 0 Å². The van der Waals surface area contributed by atoms with Gasteiger partial charge in [0.05, 0.1) is 0 Å². The molecule has 0 unspecified atom stereocenters.